The van der Waals surface area contributed by atoms with Gasteiger partial charge in [-0.2, -0.15) is 13.2 Å². The van der Waals surface area contributed by atoms with Gasteiger partial charge in [0, 0.05) is 6.42 Å². The first kappa shape index (κ1) is 19.6. The summed E-state index contributed by atoms with van der Waals surface area (Å²) in [6.07, 6.45) is -5.58. The number of nitrogens with one attached hydrogen (secondary N) is 1. The van der Waals surface area contributed by atoms with Crippen LogP contribution in [0, 0.1) is 0 Å². The van der Waals surface area contributed by atoms with Crippen LogP contribution in [0.1, 0.15) is 24.8 Å². The maximum atomic E-state index is 12.2. The fourth-order valence-corrected chi connectivity index (χ4v) is 2.17. The summed E-state index contributed by atoms with van der Waals surface area (Å²) in [6.45, 7) is 0. The first-order valence-corrected chi connectivity index (χ1v) is 7.37. The molecule has 0 aliphatic heterocycles. The zero-order valence-corrected chi connectivity index (χ0v) is 13.3. The van der Waals surface area contributed by atoms with Gasteiger partial charge in [-0.05, 0) is 30.5 Å². The average molecular weight is 372 g/mol. The lowest BCUT2D eigenvalue weighted by Crippen LogP contribution is -2.43. The van der Waals surface area contributed by atoms with Gasteiger partial charge in [-0.3, -0.25) is 4.79 Å². The van der Waals surface area contributed by atoms with Crippen LogP contribution in [0.4, 0.5) is 13.2 Å². The molecule has 0 aliphatic carbocycles. The second kappa shape index (κ2) is 8.40. The molecule has 0 aliphatic rings. The Balaban J connectivity index is 2.46. The molecule has 0 heterocycles. The summed E-state index contributed by atoms with van der Waals surface area (Å²) < 4.78 is 36.7. The van der Waals surface area contributed by atoms with Crippen molar-refractivity contribution in [3.63, 3.8) is 0 Å². The van der Waals surface area contributed by atoms with Crippen molar-refractivity contribution in [2.75, 3.05) is 0 Å². The maximum Gasteiger partial charge on any atom is 0.391 e. The van der Waals surface area contributed by atoms with Crippen molar-refractivity contribution in [2.45, 2.75) is 37.9 Å². The van der Waals surface area contributed by atoms with Crippen molar-refractivity contribution in [3.8, 4) is 0 Å². The normalized spacial score (nSPS) is 12.7. The third-order valence-electron chi connectivity index (χ3n) is 2.92. The Hall–Kier alpha value is -1.47. The minimum atomic E-state index is -4.67. The molecule has 9 heteroatoms. The molecule has 0 radical (unpaired) electrons. The number of benzene rings is 1. The van der Waals surface area contributed by atoms with Gasteiger partial charge in [0.05, 0.1) is 16.5 Å². The van der Waals surface area contributed by atoms with E-state index in [1.807, 2.05) is 5.32 Å². The first-order chi connectivity index (χ1) is 10.6. The third kappa shape index (κ3) is 7.56. The summed E-state index contributed by atoms with van der Waals surface area (Å²) in [4.78, 5) is 22.3. The molecule has 0 spiro atoms. The molecule has 1 aromatic rings. The molecule has 0 aromatic heterocycles. The number of rotatable bonds is 7. The van der Waals surface area contributed by atoms with E-state index in [1.165, 1.54) is 0 Å². The van der Waals surface area contributed by atoms with E-state index in [0.717, 1.165) is 5.56 Å². The lowest BCUT2D eigenvalue weighted by molar-refractivity contribution is -0.160. The second-order valence-corrected chi connectivity index (χ2v) is 5.69. The highest BCUT2D eigenvalue weighted by Crippen LogP contribution is 2.23. The van der Waals surface area contributed by atoms with E-state index in [9.17, 15) is 22.8 Å². The Kier molecular flexibility index (Phi) is 7.15. The molecule has 128 valence electrons. The van der Waals surface area contributed by atoms with Gasteiger partial charge in [-0.1, -0.05) is 29.3 Å². The summed E-state index contributed by atoms with van der Waals surface area (Å²) in [5.41, 5.74) is 0.817. The van der Waals surface area contributed by atoms with E-state index in [4.69, 9.17) is 28.3 Å². The maximum absolute atomic E-state index is 12.2. The van der Waals surface area contributed by atoms with Crippen LogP contribution < -0.4 is 5.32 Å². The van der Waals surface area contributed by atoms with Crippen LogP contribution in [0.15, 0.2) is 18.2 Å². The zero-order valence-electron chi connectivity index (χ0n) is 11.8. The van der Waals surface area contributed by atoms with Gasteiger partial charge in [0.2, 0.25) is 5.91 Å². The molecule has 0 saturated heterocycles. The Morgan fingerprint density at radius 3 is 2.39 bits per heavy atom. The number of aryl methyl sites for hydroxylation is 1. The number of amides is 1. The Morgan fingerprint density at radius 2 is 1.87 bits per heavy atom. The van der Waals surface area contributed by atoms with E-state index in [1.54, 1.807) is 18.2 Å². The van der Waals surface area contributed by atoms with Crippen LogP contribution >= 0.6 is 23.2 Å². The van der Waals surface area contributed by atoms with Gasteiger partial charge in [-0.15, -0.1) is 0 Å². The van der Waals surface area contributed by atoms with Gasteiger partial charge >= 0.3 is 12.1 Å². The Bertz CT molecular complexity index is 579. The van der Waals surface area contributed by atoms with E-state index in [-0.39, 0.29) is 6.42 Å². The number of hydrogen-bond donors (Lipinski definition) is 2. The van der Waals surface area contributed by atoms with Crippen LogP contribution in [0.25, 0.3) is 0 Å². The van der Waals surface area contributed by atoms with Crippen molar-refractivity contribution in [1.29, 1.82) is 0 Å². The lowest BCUT2D eigenvalue weighted by Gasteiger charge is -2.16. The summed E-state index contributed by atoms with van der Waals surface area (Å²) >= 11 is 11.6. The molecule has 2 N–H and O–H groups in total. The van der Waals surface area contributed by atoms with Crippen LogP contribution in [0.3, 0.4) is 0 Å². The molecule has 1 aromatic carbocycles. The van der Waals surface area contributed by atoms with E-state index in [2.05, 4.69) is 0 Å². The van der Waals surface area contributed by atoms with Crippen LogP contribution in [0.5, 0.6) is 0 Å². The monoisotopic (exact) mass is 371 g/mol. The molecule has 4 nitrogen and oxygen atoms in total. The Labute approximate surface area is 140 Å². The lowest BCUT2D eigenvalue weighted by atomic mass is 10.1. The number of carbonyl (C=O) groups is 2. The molecule has 1 atom stereocenters. The SMILES string of the molecule is O=C(CCCc1ccc(Cl)c(Cl)c1)NC(CC(F)(F)F)C(=O)O. The number of carbonyl (C=O) groups excluding carboxylic acids is 1. The average Bonchev–Trinajstić information content (AvgIpc) is 2.40. The molecular weight excluding hydrogens is 358 g/mol. The minimum Gasteiger partial charge on any atom is -0.480 e. The molecule has 0 fully saturated rings. The summed E-state index contributed by atoms with van der Waals surface area (Å²) in [7, 11) is 0. The molecule has 23 heavy (non-hydrogen) atoms. The minimum absolute atomic E-state index is 0.0954. The van der Waals surface area contributed by atoms with Gasteiger partial charge in [0.1, 0.15) is 6.04 Å². The highest BCUT2D eigenvalue weighted by molar-refractivity contribution is 6.42. The second-order valence-electron chi connectivity index (χ2n) is 4.88. The molecular formula is C14H14Cl2F3NO3. The Morgan fingerprint density at radius 1 is 1.22 bits per heavy atom. The van der Waals surface area contributed by atoms with E-state index >= 15 is 0 Å². The first-order valence-electron chi connectivity index (χ1n) is 6.61. The highest BCUT2D eigenvalue weighted by Gasteiger charge is 2.36. The number of alkyl halides is 3. The summed E-state index contributed by atoms with van der Waals surface area (Å²) in [5, 5.41) is 11.3. The molecule has 0 bridgehead atoms. The van der Waals surface area contributed by atoms with Gasteiger partial charge in [-0.25, -0.2) is 4.79 Å². The van der Waals surface area contributed by atoms with Crippen LogP contribution in [-0.2, 0) is 16.0 Å². The smallest absolute Gasteiger partial charge is 0.391 e. The van der Waals surface area contributed by atoms with Gasteiger partial charge in [0.15, 0.2) is 0 Å². The zero-order chi connectivity index (χ0) is 17.6. The van der Waals surface area contributed by atoms with Crippen molar-refractivity contribution < 1.29 is 27.9 Å². The largest absolute Gasteiger partial charge is 0.480 e. The number of carboxylic acids is 1. The summed E-state index contributed by atoms with van der Waals surface area (Å²) in [5.74, 6) is -2.47. The molecule has 1 amide bonds. The predicted octanol–water partition coefficient (Wildman–Crippen LogP) is 3.84. The van der Waals surface area contributed by atoms with Crippen molar-refractivity contribution in [3.05, 3.63) is 33.8 Å². The third-order valence-corrected chi connectivity index (χ3v) is 3.66. The van der Waals surface area contributed by atoms with Gasteiger partial charge in [0.25, 0.3) is 0 Å². The van der Waals surface area contributed by atoms with Crippen LogP contribution in [0.2, 0.25) is 10.0 Å². The van der Waals surface area contributed by atoms with Crippen molar-refractivity contribution in [2.24, 2.45) is 0 Å². The van der Waals surface area contributed by atoms with Gasteiger partial charge < -0.3 is 10.4 Å². The van der Waals surface area contributed by atoms with Crippen molar-refractivity contribution in [1.82, 2.24) is 5.32 Å². The topological polar surface area (TPSA) is 66.4 Å². The van der Waals surface area contributed by atoms with E-state index in [0.29, 0.717) is 22.9 Å². The number of aliphatic carboxylic acids is 1. The van der Waals surface area contributed by atoms with Crippen molar-refractivity contribution >= 4 is 35.1 Å². The number of hydrogen-bond acceptors (Lipinski definition) is 2. The fourth-order valence-electron chi connectivity index (χ4n) is 1.85. The standard InChI is InChI=1S/C14H14Cl2F3NO3/c15-9-5-4-8(6-10(9)16)2-1-3-12(21)20-11(13(22)23)7-14(17,18)19/h4-6,11H,1-3,7H2,(H,20,21)(H,22,23). The number of halogens is 5. The molecule has 1 rings (SSSR count). The molecule has 1 unspecified atom stereocenters. The summed E-state index contributed by atoms with van der Waals surface area (Å²) in [6, 6.07) is 2.97. The van der Waals surface area contributed by atoms with E-state index < -0.39 is 30.5 Å². The predicted molar refractivity (Wildman–Crippen MR) is 79.6 cm³/mol. The fraction of sp³-hybridized carbons (Fsp3) is 0.429. The number of carboxylic acid groups (broad SMARTS) is 1. The molecule has 0 saturated carbocycles. The van der Waals surface area contributed by atoms with Crippen LogP contribution in [-0.4, -0.2) is 29.2 Å². The quantitative estimate of drug-likeness (QED) is 0.765. The highest BCUT2D eigenvalue weighted by atomic mass is 35.5.